The second kappa shape index (κ2) is 9.36. The van der Waals surface area contributed by atoms with Crippen LogP contribution in [0, 0.1) is 0 Å². The second-order valence-electron chi connectivity index (χ2n) is 6.23. The first-order valence-electron chi connectivity index (χ1n) is 9.01. The van der Waals surface area contributed by atoms with Crippen LogP contribution in [-0.2, 0) is 16.1 Å². The summed E-state index contributed by atoms with van der Waals surface area (Å²) >= 11 is 0. The average molecular weight is 392 g/mol. The van der Waals surface area contributed by atoms with Gasteiger partial charge in [-0.1, -0.05) is 42.5 Å². The van der Waals surface area contributed by atoms with E-state index in [-0.39, 0.29) is 17.0 Å². The van der Waals surface area contributed by atoms with Crippen molar-refractivity contribution < 1.29 is 23.5 Å². The van der Waals surface area contributed by atoms with E-state index in [4.69, 9.17) is 9.15 Å². The van der Waals surface area contributed by atoms with Crippen LogP contribution < -0.4 is 10.6 Å². The number of rotatable bonds is 7. The lowest BCUT2D eigenvalue weighted by Crippen LogP contribution is -2.35. The Morgan fingerprint density at radius 1 is 0.966 bits per heavy atom. The van der Waals surface area contributed by atoms with Gasteiger partial charge in [0.05, 0.1) is 17.5 Å². The van der Waals surface area contributed by atoms with E-state index in [1.54, 1.807) is 24.3 Å². The number of hydrogen-bond acceptors (Lipinski definition) is 5. The van der Waals surface area contributed by atoms with Crippen molar-refractivity contribution in [2.75, 3.05) is 5.32 Å². The van der Waals surface area contributed by atoms with Gasteiger partial charge in [-0.2, -0.15) is 0 Å². The molecule has 0 aliphatic heterocycles. The number of nitrogens with one attached hydrogen (secondary N) is 2. The van der Waals surface area contributed by atoms with Crippen molar-refractivity contribution in [2.24, 2.45) is 0 Å². The molecule has 7 heteroatoms. The second-order valence-corrected chi connectivity index (χ2v) is 6.23. The third-order valence-corrected chi connectivity index (χ3v) is 4.10. The lowest BCUT2D eigenvalue weighted by atomic mass is 10.1. The monoisotopic (exact) mass is 392 g/mol. The molecule has 7 nitrogen and oxygen atoms in total. The summed E-state index contributed by atoms with van der Waals surface area (Å²) in [7, 11) is 0. The normalized spacial score (nSPS) is 11.3. The van der Waals surface area contributed by atoms with Gasteiger partial charge in [-0.3, -0.25) is 9.59 Å². The maximum Gasteiger partial charge on any atom is 0.341 e. The Morgan fingerprint density at radius 2 is 1.69 bits per heavy atom. The molecule has 0 fully saturated rings. The highest BCUT2D eigenvalue weighted by Crippen LogP contribution is 2.18. The van der Waals surface area contributed by atoms with Crippen molar-refractivity contribution in [1.29, 1.82) is 0 Å². The Labute approximate surface area is 167 Å². The number of hydrogen-bond donors (Lipinski definition) is 2. The molecule has 148 valence electrons. The van der Waals surface area contributed by atoms with Crippen LogP contribution in [0.4, 0.5) is 5.69 Å². The lowest BCUT2D eigenvalue weighted by molar-refractivity contribution is -0.129. The molecule has 2 N–H and O–H groups in total. The van der Waals surface area contributed by atoms with Crippen LogP contribution >= 0.6 is 0 Å². The standard InChI is InChI=1S/C22H20N2O5/c1-15(20(25)23-14-16-8-3-2-4-9-16)29-22(27)17-10-5-6-11-18(17)24-21(26)19-12-7-13-28-19/h2-13,15H,14H2,1H3,(H,23,25)(H,24,26)/t15-/m0/s1. The van der Waals surface area contributed by atoms with E-state index in [2.05, 4.69) is 10.6 Å². The molecule has 2 amide bonds. The summed E-state index contributed by atoms with van der Waals surface area (Å²) in [5.41, 5.74) is 1.33. The van der Waals surface area contributed by atoms with Gasteiger partial charge in [0.15, 0.2) is 11.9 Å². The number of esters is 1. The zero-order chi connectivity index (χ0) is 20.6. The molecular formula is C22H20N2O5. The van der Waals surface area contributed by atoms with Crippen molar-refractivity contribution in [3.05, 3.63) is 89.9 Å². The van der Waals surface area contributed by atoms with Crippen molar-refractivity contribution in [3.63, 3.8) is 0 Å². The van der Waals surface area contributed by atoms with Crippen LogP contribution in [0.5, 0.6) is 0 Å². The fourth-order valence-corrected chi connectivity index (χ4v) is 2.57. The van der Waals surface area contributed by atoms with Crippen molar-refractivity contribution in [3.8, 4) is 0 Å². The lowest BCUT2D eigenvalue weighted by Gasteiger charge is -2.15. The first-order valence-corrected chi connectivity index (χ1v) is 9.01. The van der Waals surface area contributed by atoms with E-state index in [1.807, 2.05) is 30.3 Å². The molecule has 1 heterocycles. The molecular weight excluding hydrogens is 372 g/mol. The maximum atomic E-state index is 12.5. The summed E-state index contributed by atoms with van der Waals surface area (Å²) in [5, 5.41) is 5.33. The number of furan rings is 1. The van der Waals surface area contributed by atoms with E-state index in [0.29, 0.717) is 6.54 Å². The zero-order valence-corrected chi connectivity index (χ0v) is 15.8. The van der Waals surface area contributed by atoms with Gasteiger partial charge >= 0.3 is 5.97 Å². The summed E-state index contributed by atoms with van der Waals surface area (Å²) < 4.78 is 10.3. The SMILES string of the molecule is C[C@H](OC(=O)c1ccccc1NC(=O)c1ccco1)C(=O)NCc1ccccc1. The van der Waals surface area contributed by atoms with Gasteiger partial charge in [-0.05, 0) is 36.8 Å². The molecule has 0 unspecified atom stereocenters. The number of para-hydroxylation sites is 1. The van der Waals surface area contributed by atoms with Gasteiger partial charge in [0, 0.05) is 6.54 Å². The van der Waals surface area contributed by atoms with Gasteiger partial charge in [0.2, 0.25) is 0 Å². The minimum atomic E-state index is -1.000. The first kappa shape index (κ1) is 19.9. The van der Waals surface area contributed by atoms with E-state index < -0.39 is 23.9 Å². The average Bonchev–Trinajstić information content (AvgIpc) is 3.28. The Balaban J connectivity index is 1.61. The van der Waals surface area contributed by atoms with Crippen molar-refractivity contribution >= 4 is 23.5 Å². The first-order chi connectivity index (χ1) is 14.0. The number of anilines is 1. The van der Waals surface area contributed by atoms with Crippen LogP contribution in [0.3, 0.4) is 0 Å². The number of benzene rings is 2. The molecule has 3 rings (SSSR count). The van der Waals surface area contributed by atoms with Crippen LogP contribution in [0.1, 0.15) is 33.4 Å². The topological polar surface area (TPSA) is 97.6 Å². The third kappa shape index (κ3) is 5.32. The molecule has 1 atom stereocenters. The molecule has 29 heavy (non-hydrogen) atoms. The summed E-state index contributed by atoms with van der Waals surface area (Å²) in [5.74, 6) is -1.52. The number of carbonyl (C=O) groups excluding carboxylic acids is 3. The van der Waals surface area contributed by atoms with E-state index in [9.17, 15) is 14.4 Å². The Kier molecular flexibility index (Phi) is 6.42. The minimum Gasteiger partial charge on any atom is -0.459 e. The molecule has 3 aromatic rings. The summed E-state index contributed by atoms with van der Waals surface area (Å²) in [6.45, 7) is 1.82. The molecule has 1 aromatic heterocycles. The van der Waals surface area contributed by atoms with Gasteiger partial charge in [0.25, 0.3) is 11.8 Å². The van der Waals surface area contributed by atoms with Crippen LogP contribution in [-0.4, -0.2) is 23.9 Å². The van der Waals surface area contributed by atoms with E-state index >= 15 is 0 Å². The molecule has 0 radical (unpaired) electrons. The molecule has 2 aromatic carbocycles. The number of ether oxygens (including phenoxy) is 1. The molecule has 0 aliphatic rings. The Hall–Kier alpha value is -3.87. The Morgan fingerprint density at radius 3 is 2.41 bits per heavy atom. The highest BCUT2D eigenvalue weighted by Gasteiger charge is 2.21. The van der Waals surface area contributed by atoms with Crippen LogP contribution in [0.2, 0.25) is 0 Å². The molecule has 0 aliphatic carbocycles. The third-order valence-electron chi connectivity index (χ3n) is 4.10. The summed E-state index contributed by atoms with van der Waals surface area (Å²) in [6.07, 6.45) is 0.380. The quantitative estimate of drug-likeness (QED) is 0.601. The molecule has 0 bridgehead atoms. The highest BCUT2D eigenvalue weighted by atomic mass is 16.5. The maximum absolute atomic E-state index is 12.5. The van der Waals surface area contributed by atoms with Crippen molar-refractivity contribution in [2.45, 2.75) is 19.6 Å². The summed E-state index contributed by atoms with van der Waals surface area (Å²) in [6, 6.07) is 18.9. The van der Waals surface area contributed by atoms with Crippen LogP contribution in [0.15, 0.2) is 77.4 Å². The van der Waals surface area contributed by atoms with Crippen LogP contribution in [0.25, 0.3) is 0 Å². The highest BCUT2D eigenvalue weighted by molar-refractivity contribution is 6.06. The van der Waals surface area contributed by atoms with Crippen molar-refractivity contribution in [1.82, 2.24) is 5.32 Å². The minimum absolute atomic E-state index is 0.113. The zero-order valence-electron chi connectivity index (χ0n) is 15.8. The van der Waals surface area contributed by atoms with Gasteiger partial charge in [0.1, 0.15) is 0 Å². The molecule has 0 spiro atoms. The van der Waals surface area contributed by atoms with Gasteiger partial charge < -0.3 is 19.8 Å². The van der Waals surface area contributed by atoms with Gasteiger partial charge in [-0.25, -0.2) is 4.79 Å². The number of amides is 2. The largest absolute Gasteiger partial charge is 0.459 e. The molecule has 0 saturated heterocycles. The smallest absolute Gasteiger partial charge is 0.341 e. The summed E-state index contributed by atoms with van der Waals surface area (Å²) in [4.78, 5) is 37.0. The molecule has 0 saturated carbocycles. The predicted molar refractivity (Wildman–Crippen MR) is 106 cm³/mol. The fourth-order valence-electron chi connectivity index (χ4n) is 2.57. The van der Waals surface area contributed by atoms with Gasteiger partial charge in [-0.15, -0.1) is 0 Å². The predicted octanol–water partition coefficient (Wildman–Crippen LogP) is 3.39. The van der Waals surface area contributed by atoms with E-state index in [1.165, 1.54) is 25.3 Å². The Bertz CT molecular complexity index is 983. The van der Waals surface area contributed by atoms with E-state index in [0.717, 1.165) is 5.56 Å². The fraction of sp³-hybridized carbons (Fsp3) is 0.136. The number of carbonyl (C=O) groups is 3.